The molecule has 0 aromatic heterocycles. The van der Waals surface area contributed by atoms with Crippen LogP contribution in [-0.4, -0.2) is 6.04 Å². The van der Waals surface area contributed by atoms with Gasteiger partial charge in [-0.15, -0.1) is 0 Å². The summed E-state index contributed by atoms with van der Waals surface area (Å²) >= 11 is 0. The highest BCUT2D eigenvalue weighted by molar-refractivity contribution is 5.23. The lowest BCUT2D eigenvalue weighted by atomic mass is 9.90. The van der Waals surface area contributed by atoms with Gasteiger partial charge in [0.05, 0.1) is 0 Å². The maximum Gasteiger partial charge on any atom is 0.126 e. The Labute approximate surface area is 102 Å². The first-order valence-corrected chi connectivity index (χ1v) is 6.19. The van der Waals surface area contributed by atoms with Crippen LogP contribution in [0.1, 0.15) is 31.2 Å². The van der Waals surface area contributed by atoms with Gasteiger partial charge in [-0.1, -0.05) is 29.8 Å². The lowest BCUT2D eigenvalue weighted by molar-refractivity contribution is 0.526. The maximum atomic E-state index is 13.6. The first-order chi connectivity index (χ1) is 8.31. The van der Waals surface area contributed by atoms with Gasteiger partial charge in [0.1, 0.15) is 5.82 Å². The monoisotopic (exact) mass is 234 g/mol. The highest BCUT2D eigenvalue weighted by Crippen LogP contribution is 2.22. The molecule has 0 amide bonds. The molecule has 0 aliphatic heterocycles. The number of halogens is 1. The number of nitrogens with two attached hydrogens (primary N) is 1. The van der Waals surface area contributed by atoms with E-state index in [4.69, 9.17) is 5.84 Å². The van der Waals surface area contributed by atoms with Gasteiger partial charge in [0, 0.05) is 6.04 Å². The van der Waals surface area contributed by atoms with E-state index in [2.05, 4.69) is 11.5 Å². The zero-order valence-electron chi connectivity index (χ0n) is 9.95. The normalized spacial score (nSPS) is 17.6. The highest BCUT2D eigenvalue weighted by Gasteiger charge is 2.16. The molecule has 0 heterocycles. The molecule has 0 spiro atoms. The van der Waals surface area contributed by atoms with Crippen LogP contribution in [0.25, 0.3) is 0 Å². The van der Waals surface area contributed by atoms with Crippen molar-refractivity contribution in [1.29, 1.82) is 0 Å². The lowest BCUT2D eigenvalue weighted by Gasteiger charge is -2.22. The molecule has 0 radical (unpaired) electrons. The molecule has 1 aliphatic carbocycles. The van der Waals surface area contributed by atoms with Crippen LogP contribution < -0.4 is 11.3 Å². The zero-order valence-corrected chi connectivity index (χ0v) is 9.95. The van der Waals surface area contributed by atoms with Gasteiger partial charge < -0.3 is 0 Å². The fraction of sp³-hybridized carbons (Fsp3) is 0.429. The molecule has 1 aliphatic rings. The summed E-state index contributed by atoms with van der Waals surface area (Å²) in [6.45, 7) is 0. The third-order valence-corrected chi connectivity index (χ3v) is 3.36. The van der Waals surface area contributed by atoms with Gasteiger partial charge in [0.25, 0.3) is 0 Å². The fourth-order valence-electron chi connectivity index (χ4n) is 2.36. The number of hydrazine groups is 1. The van der Waals surface area contributed by atoms with E-state index in [1.165, 1.54) is 24.5 Å². The Morgan fingerprint density at radius 2 is 2.12 bits per heavy atom. The molecule has 17 heavy (non-hydrogen) atoms. The van der Waals surface area contributed by atoms with Gasteiger partial charge >= 0.3 is 0 Å². The smallest absolute Gasteiger partial charge is 0.126 e. The minimum absolute atomic E-state index is 0.0622. The third-order valence-electron chi connectivity index (χ3n) is 3.36. The molecule has 1 atom stereocenters. The topological polar surface area (TPSA) is 38.0 Å². The summed E-state index contributed by atoms with van der Waals surface area (Å²) in [6.07, 6.45) is 7.51. The molecule has 3 heteroatoms. The highest BCUT2D eigenvalue weighted by atomic mass is 19.1. The van der Waals surface area contributed by atoms with E-state index in [-0.39, 0.29) is 11.9 Å². The number of benzene rings is 1. The van der Waals surface area contributed by atoms with Crippen LogP contribution in [0.2, 0.25) is 0 Å². The Balaban J connectivity index is 2.09. The molecule has 0 bridgehead atoms. The van der Waals surface area contributed by atoms with Gasteiger partial charge in [-0.05, 0) is 43.7 Å². The second-order valence-electron chi connectivity index (χ2n) is 4.54. The summed E-state index contributed by atoms with van der Waals surface area (Å²) < 4.78 is 13.6. The van der Waals surface area contributed by atoms with E-state index in [0.717, 1.165) is 18.4 Å². The van der Waals surface area contributed by atoms with E-state index in [9.17, 15) is 4.39 Å². The quantitative estimate of drug-likeness (QED) is 0.477. The molecular formula is C14H19FN2. The van der Waals surface area contributed by atoms with Crippen molar-refractivity contribution in [3.05, 3.63) is 47.3 Å². The van der Waals surface area contributed by atoms with Crippen molar-refractivity contribution in [2.75, 3.05) is 0 Å². The van der Waals surface area contributed by atoms with Crippen LogP contribution in [0.3, 0.4) is 0 Å². The summed E-state index contributed by atoms with van der Waals surface area (Å²) in [6, 6.07) is 6.96. The Hall–Kier alpha value is -1.19. The minimum Gasteiger partial charge on any atom is -0.271 e. The van der Waals surface area contributed by atoms with Crippen molar-refractivity contribution in [3.63, 3.8) is 0 Å². The second kappa shape index (κ2) is 5.94. The van der Waals surface area contributed by atoms with E-state index in [0.29, 0.717) is 6.42 Å². The van der Waals surface area contributed by atoms with Crippen molar-refractivity contribution in [2.45, 2.75) is 38.1 Å². The molecule has 0 saturated heterocycles. The Bertz CT molecular complexity index is 401. The van der Waals surface area contributed by atoms with Crippen molar-refractivity contribution < 1.29 is 4.39 Å². The van der Waals surface area contributed by atoms with Gasteiger partial charge in [0.2, 0.25) is 0 Å². The first-order valence-electron chi connectivity index (χ1n) is 6.19. The molecule has 2 nitrogen and oxygen atoms in total. The number of rotatable bonds is 4. The Morgan fingerprint density at radius 1 is 1.29 bits per heavy atom. The average Bonchev–Trinajstić information content (AvgIpc) is 2.39. The van der Waals surface area contributed by atoms with Crippen molar-refractivity contribution in [3.8, 4) is 0 Å². The van der Waals surface area contributed by atoms with Crippen LogP contribution >= 0.6 is 0 Å². The van der Waals surface area contributed by atoms with E-state index in [1.54, 1.807) is 6.07 Å². The van der Waals surface area contributed by atoms with Crippen molar-refractivity contribution in [1.82, 2.24) is 5.43 Å². The molecular weight excluding hydrogens is 215 g/mol. The number of hydrogen-bond donors (Lipinski definition) is 2. The van der Waals surface area contributed by atoms with E-state index >= 15 is 0 Å². The van der Waals surface area contributed by atoms with Crippen LogP contribution in [-0.2, 0) is 6.42 Å². The predicted octanol–water partition coefficient (Wildman–Crippen LogP) is 2.70. The predicted molar refractivity (Wildman–Crippen MR) is 67.8 cm³/mol. The van der Waals surface area contributed by atoms with Crippen LogP contribution in [0, 0.1) is 5.82 Å². The summed E-state index contributed by atoms with van der Waals surface area (Å²) in [5, 5.41) is 0. The van der Waals surface area contributed by atoms with Crippen molar-refractivity contribution >= 4 is 0 Å². The standard InChI is InChI=1S/C14H19FN2/c15-13-9-5-4-8-12(13)10-14(17-16)11-6-2-1-3-7-11/h4-6,8-9,14,17H,1-3,7,10,16H2. The molecule has 92 valence electrons. The van der Waals surface area contributed by atoms with Crippen LogP contribution in [0.4, 0.5) is 4.39 Å². The number of allylic oxidation sites excluding steroid dienone is 1. The number of hydrogen-bond acceptors (Lipinski definition) is 2. The molecule has 1 aromatic rings. The molecule has 3 N–H and O–H groups in total. The van der Waals surface area contributed by atoms with E-state index in [1.807, 2.05) is 12.1 Å². The third kappa shape index (κ3) is 3.14. The first kappa shape index (κ1) is 12.3. The van der Waals surface area contributed by atoms with Gasteiger partial charge in [-0.2, -0.15) is 0 Å². The second-order valence-corrected chi connectivity index (χ2v) is 4.54. The summed E-state index contributed by atoms with van der Waals surface area (Å²) in [5.74, 6) is 5.44. The van der Waals surface area contributed by atoms with Crippen LogP contribution in [0.15, 0.2) is 35.9 Å². The summed E-state index contributed by atoms with van der Waals surface area (Å²) in [5.41, 5.74) is 4.86. The summed E-state index contributed by atoms with van der Waals surface area (Å²) in [4.78, 5) is 0. The lowest BCUT2D eigenvalue weighted by Crippen LogP contribution is -2.38. The van der Waals surface area contributed by atoms with E-state index < -0.39 is 0 Å². The average molecular weight is 234 g/mol. The van der Waals surface area contributed by atoms with Gasteiger partial charge in [-0.3, -0.25) is 11.3 Å². The number of nitrogens with one attached hydrogen (secondary N) is 1. The summed E-state index contributed by atoms with van der Waals surface area (Å²) in [7, 11) is 0. The zero-order chi connectivity index (χ0) is 12.1. The van der Waals surface area contributed by atoms with Crippen LogP contribution in [0.5, 0.6) is 0 Å². The molecule has 1 aromatic carbocycles. The molecule has 0 saturated carbocycles. The largest absolute Gasteiger partial charge is 0.271 e. The molecule has 2 rings (SSSR count). The fourth-order valence-corrected chi connectivity index (χ4v) is 2.36. The van der Waals surface area contributed by atoms with Crippen molar-refractivity contribution in [2.24, 2.45) is 5.84 Å². The SMILES string of the molecule is NNC(Cc1ccccc1F)C1=CCCCC1. The van der Waals surface area contributed by atoms with Gasteiger partial charge in [-0.25, -0.2) is 4.39 Å². The Kier molecular flexibility index (Phi) is 4.29. The minimum atomic E-state index is -0.149. The molecule has 1 unspecified atom stereocenters. The van der Waals surface area contributed by atoms with Gasteiger partial charge in [0.15, 0.2) is 0 Å². The molecule has 0 fully saturated rings. The maximum absolute atomic E-state index is 13.6. The Morgan fingerprint density at radius 3 is 2.76 bits per heavy atom.